The summed E-state index contributed by atoms with van der Waals surface area (Å²) in [5.41, 5.74) is 5.41. The second kappa shape index (κ2) is 5.60. The van der Waals surface area contributed by atoms with Gasteiger partial charge in [0.25, 0.3) is 0 Å². The molecule has 0 aromatic heterocycles. The maximum atomic E-state index is 10.4. The third kappa shape index (κ3) is 2.57. The fourth-order valence-corrected chi connectivity index (χ4v) is 2.17. The van der Waals surface area contributed by atoms with Gasteiger partial charge in [-0.15, -0.1) is 0 Å². The Hall–Kier alpha value is -0.434. The van der Waals surface area contributed by atoms with Crippen LogP contribution in [0.4, 0.5) is 0 Å². The van der Waals surface area contributed by atoms with Crippen LogP contribution >= 0.6 is 0 Å². The number of hydrogen-bond acceptors (Lipinski definition) is 1. The van der Waals surface area contributed by atoms with Gasteiger partial charge in [0.15, 0.2) is 0 Å². The van der Waals surface area contributed by atoms with Gasteiger partial charge in [0.2, 0.25) is 0 Å². The summed E-state index contributed by atoms with van der Waals surface area (Å²) in [5, 5.41) is 0. The van der Waals surface area contributed by atoms with Gasteiger partial charge in [-0.1, -0.05) is 18.1 Å². The van der Waals surface area contributed by atoms with E-state index < -0.39 is 0 Å². The molecule has 2 heteroatoms. The maximum absolute atomic E-state index is 10.4. The van der Waals surface area contributed by atoms with Crippen LogP contribution in [-0.4, -0.2) is 5.94 Å². The summed E-state index contributed by atoms with van der Waals surface area (Å²) in [6.07, 6.45) is 1.65. The van der Waals surface area contributed by atoms with Crippen LogP contribution in [0.15, 0.2) is 28.4 Å². The van der Waals surface area contributed by atoms with Gasteiger partial charge in [-0.2, -0.15) is 0 Å². The van der Waals surface area contributed by atoms with Gasteiger partial charge in [-0.3, -0.25) is 0 Å². The van der Waals surface area contributed by atoms with Gasteiger partial charge in [-0.25, -0.2) is 4.79 Å². The smallest absolute Gasteiger partial charge is 0.120 e. The topological polar surface area (TPSA) is 17.1 Å². The van der Waals surface area contributed by atoms with Crippen molar-refractivity contribution >= 4 is 5.94 Å². The Bertz CT molecular complexity index is 357. The van der Waals surface area contributed by atoms with Crippen LogP contribution in [-0.2, 0) is 24.6 Å². The van der Waals surface area contributed by atoms with Crippen molar-refractivity contribution in [3.8, 4) is 0 Å². The minimum atomic E-state index is 0. The van der Waals surface area contributed by atoms with E-state index in [9.17, 15) is 4.79 Å². The minimum Gasteiger partial charge on any atom is -0.234 e. The van der Waals surface area contributed by atoms with E-state index in [1.54, 1.807) is 6.08 Å². The molecule has 1 aliphatic rings. The Morgan fingerprint density at radius 1 is 1.07 bits per heavy atom. The predicted molar refractivity (Wildman–Crippen MR) is 59.7 cm³/mol. The molecule has 1 rings (SSSR count). The van der Waals surface area contributed by atoms with E-state index in [-0.39, 0.29) is 25.7 Å². The molecule has 84 valence electrons. The average molecular weight is 381 g/mol. The standard InChI is InChI=1S/C13H18O.Os/c1-8-9(2)11(4)13(6-7-14)12(5)10(8)3;/h6,11,13H,1-5H3;. The third-order valence-corrected chi connectivity index (χ3v) is 3.71. The Labute approximate surface area is 105 Å². The molecule has 1 aliphatic carbocycles. The zero-order valence-electron chi connectivity index (χ0n) is 9.99. The molecule has 0 heterocycles. The SMILES string of the molecule is CC1=C(C)C(C)C(C=C=O)C(C)=C1C.[Os]. The van der Waals surface area contributed by atoms with Gasteiger partial charge in [0.1, 0.15) is 5.94 Å². The second-order valence-corrected chi connectivity index (χ2v) is 4.22. The van der Waals surface area contributed by atoms with Crippen LogP contribution in [0.25, 0.3) is 0 Å². The summed E-state index contributed by atoms with van der Waals surface area (Å²) in [7, 11) is 0. The molecule has 0 aromatic rings. The number of hydrogen-bond donors (Lipinski definition) is 0. The van der Waals surface area contributed by atoms with Crippen molar-refractivity contribution in [1.82, 2.24) is 0 Å². The Morgan fingerprint density at radius 3 is 2.00 bits per heavy atom. The molecule has 2 unspecified atom stereocenters. The molecule has 0 aliphatic heterocycles. The summed E-state index contributed by atoms with van der Waals surface area (Å²) >= 11 is 0. The summed E-state index contributed by atoms with van der Waals surface area (Å²) < 4.78 is 0. The van der Waals surface area contributed by atoms with Crippen molar-refractivity contribution in [2.75, 3.05) is 0 Å². The zero-order chi connectivity index (χ0) is 10.9. The first-order chi connectivity index (χ1) is 6.50. The van der Waals surface area contributed by atoms with Crippen molar-refractivity contribution < 1.29 is 24.6 Å². The van der Waals surface area contributed by atoms with E-state index in [1.807, 2.05) is 5.94 Å². The Balaban J connectivity index is 0.00000196. The van der Waals surface area contributed by atoms with E-state index in [0.29, 0.717) is 5.92 Å². The van der Waals surface area contributed by atoms with Gasteiger partial charge in [-0.05, 0) is 44.8 Å². The molecule has 2 atom stereocenters. The minimum absolute atomic E-state index is 0. The molecule has 0 saturated heterocycles. The molecule has 0 aromatic carbocycles. The van der Waals surface area contributed by atoms with Crippen LogP contribution in [0.3, 0.4) is 0 Å². The molecule has 0 amide bonds. The summed E-state index contributed by atoms with van der Waals surface area (Å²) in [5.74, 6) is 2.60. The molecule has 0 saturated carbocycles. The second-order valence-electron chi connectivity index (χ2n) is 4.22. The number of carbonyl (C=O) groups excluding carboxylic acids is 1. The number of rotatable bonds is 1. The quantitative estimate of drug-likeness (QED) is 0.638. The summed E-state index contributed by atoms with van der Waals surface area (Å²) in [6.45, 7) is 10.7. The van der Waals surface area contributed by atoms with Gasteiger partial charge in [0.05, 0.1) is 0 Å². The first kappa shape index (κ1) is 14.6. The van der Waals surface area contributed by atoms with E-state index in [2.05, 4.69) is 34.6 Å². The van der Waals surface area contributed by atoms with E-state index in [0.717, 1.165) is 0 Å². The maximum Gasteiger partial charge on any atom is 0.120 e. The molecule has 1 nitrogen and oxygen atoms in total. The molecule has 0 bridgehead atoms. The first-order valence-corrected chi connectivity index (χ1v) is 5.06. The largest absolute Gasteiger partial charge is 0.234 e. The summed E-state index contributed by atoms with van der Waals surface area (Å²) in [6, 6.07) is 0. The first-order valence-electron chi connectivity index (χ1n) is 5.06. The molecule has 0 fully saturated rings. The molecule has 0 radical (unpaired) electrons. The van der Waals surface area contributed by atoms with Crippen molar-refractivity contribution in [2.24, 2.45) is 11.8 Å². The third-order valence-electron chi connectivity index (χ3n) is 3.71. The molecule has 0 spiro atoms. The van der Waals surface area contributed by atoms with E-state index in [4.69, 9.17) is 0 Å². The van der Waals surface area contributed by atoms with Crippen LogP contribution in [0.2, 0.25) is 0 Å². The van der Waals surface area contributed by atoms with Crippen LogP contribution in [0, 0.1) is 11.8 Å². The van der Waals surface area contributed by atoms with Gasteiger partial charge >= 0.3 is 0 Å². The normalized spacial score (nSPS) is 25.9. The van der Waals surface area contributed by atoms with Crippen molar-refractivity contribution in [1.29, 1.82) is 0 Å². The molecular weight excluding hydrogens is 362 g/mol. The summed E-state index contributed by atoms with van der Waals surface area (Å²) in [4.78, 5) is 10.4. The number of allylic oxidation sites excluding steroid dienone is 5. The van der Waals surface area contributed by atoms with Crippen molar-refractivity contribution in [3.05, 3.63) is 28.4 Å². The Morgan fingerprint density at radius 2 is 1.53 bits per heavy atom. The van der Waals surface area contributed by atoms with Gasteiger partial charge < -0.3 is 0 Å². The average Bonchev–Trinajstić information content (AvgIpc) is 2.19. The molecule has 15 heavy (non-hydrogen) atoms. The fraction of sp³-hybridized carbons (Fsp3) is 0.538. The fourth-order valence-electron chi connectivity index (χ4n) is 2.17. The van der Waals surface area contributed by atoms with Gasteiger partial charge in [0, 0.05) is 31.8 Å². The van der Waals surface area contributed by atoms with E-state index >= 15 is 0 Å². The molecular formula is C13H18OOs. The zero-order valence-corrected chi connectivity index (χ0v) is 12.5. The van der Waals surface area contributed by atoms with Crippen molar-refractivity contribution in [2.45, 2.75) is 34.6 Å². The molecule has 0 N–H and O–H groups in total. The predicted octanol–water partition coefficient (Wildman–Crippen LogP) is 3.31. The Kier molecular flexibility index (Phi) is 5.43. The van der Waals surface area contributed by atoms with Crippen molar-refractivity contribution in [3.63, 3.8) is 0 Å². The van der Waals surface area contributed by atoms with Crippen LogP contribution in [0.5, 0.6) is 0 Å². The monoisotopic (exact) mass is 382 g/mol. The van der Waals surface area contributed by atoms with Crippen LogP contribution in [0.1, 0.15) is 34.6 Å². The van der Waals surface area contributed by atoms with E-state index in [1.165, 1.54) is 22.3 Å². The van der Waals surface area contributed by atoms with Crippen LogP contribution < -0.4 is 0 Å².